The summed E-state index contributed by atoms with van der Waals surface area (Å²) in [5, 5.41) is 0. The fourth-order valence-corrected chi connectivity index (χ4v) is 25.5. The molecule has 19 rings (SSSR count). The fourth-order valence-electron chi connectivity index (χ4n) is 25.5. The standard InChI is InChI=1S/C38H48F2N3O6.C36H48N3O6.C34H44N3O6.3V/c1-4-24-30(21-44)43-20-32(24)49-35-34(41-28-12-11-23(47-3)18-29(28)42-35)38(39,40)15-9-6-10-25-26-16-22(26)17-31(25)48-33(45)19-27(36(43)46)37(2)13-7-5-8-14-37;1-23-30(22-40)39-21-32(23)45-34-28(37-27-16-15-25(43-3)19-29(27)38-34)13-7-4-6-11-24-12-10-14-31(24)44-33(41)20-26(35(39)42)36(2)17-8-5-9-18-36;1-21-28(20-38)37-19-30(21)43-32-26(35-25-13-12-23(41-3)17-27(25)36-32)11-7-4-6-10-22-16-29(22)42-31(39)18-24(33(37)40)34(2)14-8-5-9-15-34;;;/h11-12,18,22,24-27,30-32H,4-10,13-17,19-20H2,1-3H3;15-16,19,23-24,26,30-32H,4-14,17-18,20-21H2,1-3H3;12-13,17,21-22,24,28-30H,4-11,14-16,18-19H2,1-3H3;;;/q3*-1;;;/t22?,24-,25+,26?,27+,30+,31+,32-;23-,24+,26+,30+,31+,32-;21-,22+,24+,28+,29+,30-;;;/m000.../s1. The van der Waals surface area contributed by atoms with Gasteiger partial charge in [-0.3, -0.25) is 28.8 Å². The van der Waals surface area contributed by atoms with Crippen molar-refractivity contribution in [2.24, 2.45) is 81.3 Å². The largest absolute Gasteiger partial charge is 0.540 e. The Morgan fingerprint density at radius 2 is 0.757 bits per heavy atom. The van der Waals surface area contributed by atoms with Crippen molar-refractivity contribution in [1.82, 2.24) is 44.6 Å². The van der Waals surface area contributed by atoms with Crippen LogP contribution in [0.15, 0.2) is 54.6 Å². The molecule has 7 saturated carbocycles. The summed E-state index contributed by atoms with van der Waals surface area (Å²) in [6, 6.07) is 13.6. The van der Waals surface area contributed by atoms with Crippen LogP contribution in [0.4, 0.5) is 8.78 Å². The molecule has 0 N–H and O–H groups in total. The van der Waals surface area contributed by atoms with Crippen LogP contribution in [-0.2, 0) is 132 Å². The van der Waals surface area contributed by atoms with Crippen molar-refractivity contribution in [2.75, 3.05) is 41.0 Å². The molecule has 2 unspecified atom stereocenters. The van der Waals surface area contributed by atoms with Crippen molar-refractivity contribution in [3.8, 4) is 34.9 Å². The molecule has 27 nitrogen and oxygen atoms in total. The molecule has 6 aromatic rings. The predicted molar refractivity (Wildman–Crippen MR) is 507 cm³/mol. The zero-order valence-electron chi connectivity index (χ0n) is 82.9. The molecular weight excluding hydrogens is 1900 g/mol. The molecule has 3 aromatic heterocycles. The number of methoxy groups -OCH3 is 3. The van der Waals surface area contributed by atoms with Crippen molar-refractivity contribution in [1.29, 1.82) is 0 Å². The number of hydrogen-bond donors (Lipinski definition) is 0. The monoisotopic (exact) mass is 2040 g/mol. The molecule has 0 spiro atoms. The number of hydrogen-bond acceptors (Lipinski definition) is 24. The van der Waals surface area contributed by atoms with Crippen molar-refractivity contribution < 1.29 is 150 Å². The van der Waals surface area contributed by atoms with E-state index in [9.17, 15) is 43.2 Å². The van der Waals surface area contributed by atoms with E-state index >= 15 is 8.78 Å². The third-order valence-corrected chi connectivity index (χ3v) is 34.3. The van der Waals surface area contributed by atoms with Gasteiger partial charge in [-0.2, -0.15) is 8.78 Å². The maximum absolute atomic E-state index is 16.2. The van der Waals surface area contributed by atoms with E-state index in [0.29, 0.717) is 107 Å². The Kier molecular flexibility index (Phi) is 36.1. The summed E-state index contributed by atoms with van der Waals surface area (Å²) >= 11 is 0. The summed E-state index contributed by atoms with van der Waals surface area (Å²) in [5.74, 6) is -3.58. The summed E-state index contributed by atoms with van der Waals surface area (Å²) in [5.41, 5.74) is 3.43. The van der Waals surface area contributed by atoms with Gasteiger partial charge in [0.25, 0.3) is 5.92 Å². The van der Waals surface area contributed by atoms with Gasteiger partial charge >= 0.3 is 17.9 Å². The molecule has 3 saturated heterocycles. The third kappa shape index (κ3) is 23.8. The smallest absolute Gasteiger partial charge is 0.306 e. The van der Waals surface area contributed by atoms with Crippen LogP contribution in [0.3, 0.4) is 0 Å². The molecule has 3 radical (unpaired) electrons. The van der Waals surface area contributed by atoms with Crippen LogP contribution in [0.5, 0.6) is 34.9 Å². The first-order valence-corrected chi connectivity index (χ1v) is 51.7. The molecule has 9 heterocycles. The molecule has 6 aliphatic heterocycles. The summed E-state index contributed by atoms with van der Waals surface area (Å²) in [6.45, 7) is 12.5. The number of carbonyl (C=O) groups excluding carboxylic acids is 9. The normalized spacial score (nSPS) is 31.8. The van der Waals surface area contributed by atoms with E-state index in [1.165, 1.54) is 12.0 Å². The number of nitrogens with zero attached hydrogens (tertiary/aromatic N) is 9. The summed E-state index contributed by atoms with van der Waals surface area (Å²) in [4.78, 5) is 155. The van der Waals surface area contributed by atoms with E-state index in [2.05, 4.69) is 49.6 Å². The zero-order chi connectivity index (χ0) is 96.2. The molecule has 757 valence electrons. The van der Waals surface area contributed by atoms with Gasteiger partial charge in [0.15, 0.2) is 5.69 Å². The third-order valence-electron chi connectivity index (χ3n) is 34.3. The van der Waals surface area contributed by atoms with E-state index in [1.54, 1.807) is 42.2 Å². The second kappa shape index (κ2) is 47.0. The Morgan fingerprint density at radius 1 is 0.379 bits per heavy atom. The number of amides is 3. The van der Waals surface area contributed by atoms with Gasteiger partial charge in [-0.15, -0.1) is 0 Å². The van der Waals surface area contributed by atoms with Gasteiger partial charge in [0.1, 0.15) is 65.3 Å². The SMILES string of the molecule is CC[C@@H]1[C@@H]2CN(C(=O)[C@H](C3(C)CCCCC3)CC(=O)O[C@@H]3CC4CC4[C@H]3CCCCC(F)(F)c3nc4ccc(OC)cc4nc3O2)[C@@H]1[C-]=O.COc1ccc2nc3c(nc2c1)O[C@H]1CN(C(=O)[C@H](C2(C)CCCCC2)CC(=O)O[C@@H]2CCC[C@H]2CCCCC3)[C@H]([C-]=O)[C@@H]1C.COc1ccc2nc3c(nc2c1)O[C@H]1CN(C(=O)[C@H](C2(C)CCCCC2)CC(=O)O[C@@H]2C[C@H]2CCCCC3)[C@H]([C-]=O)[C@@H]1C.[V].[V].[V]. The van der Waals surface area contributed by atoms with Crippen LogP contribution in [-0.4, -0.2) is 195 Å². The fraction of sp³-hybridized carbons (Fsp3) is 0.694. The Balaban J connectivity index is 0.000000166. The van der Waals surface area contributed by atoms with Crippen molar-refractivity contribution in [3.63, 3.8) is 0 Å². The molecule has 20 atom stereocenters. The maximum Gasteiger partial charge on any atom is 0.306 e. The molecule has 7 aliphatic carbocycles. The number of alkyl halides is 2. The first-order valence-electron chi connectivity index (χ1n) is 51.7. The van der Waals surface area contributed by atoms with E-state index in [4.69, 9.17) is 62.6 Å². The van der Waals surface area contributed by atoms with Gasteiger partial charge < -0.3 is 71.7 Å². The number of ether oxygens (including phenoxy) is 9. The number of aryl methyl sites for hydroxylation is 2. The van der Waals surface area contributed by atoms with Crippen LogP contribution >= 0.6 is 0 Å². The molecule has 6 bridgehead atoms. The number of esters is 3. The molecule has 3 amide bonds. The van der Waals surface area contributed by atoms with Crippen LogP contribution in [0.1, 0.15) is 296 Å². The van der Waals surface area contributed by atoms with Crippen LogP contribution in [0.25, 0.3) is 33.1 Å². The maximum atomic E-state index is 16.2. The van der Waals surface area contributed by atoms with Gasteiger partial charge in [-0.25, -0.2) is 48.8 Å². The minimum absolute atomic E-state index is 0. The quantitative estimate of drug-likeness (QED) is 0.0698. The van der Waals surface area contributed by atoms with Crippen LogP contribution in [0, 0.1) is 81.3 Å². The number of halogens is 2. The molecular formula is C108H140F2N9O18V3-3. The number of carbonyl (C=O) groups is 6. The van der Waals surface area contributed by atoms with Gasteiger partial charge in [-0.1, -0.05) is 156 Å². The van der Waals surface area contributed by atoms with Gasteiger partial charge in [0.05, 0.1) is 111 Å². The number of aromatic nitrogens is 6. The van der Waals surface area contributed by atoms with E-state index < -0.39 is 83.6 Å². The van der Waals surface area contributed by atoms with Gasteiger partial charge in [-0.05, 0) is 228 Å². The van der Waals surface area contributed by atoms with Gasteiger partial charge in [0, 0.05) is 80.3 Å². The minimum atomic E-state index is -3.35. The molecule has 10 fully saturated rings. The van der Waals surface area contributed by atoms with E-state index in [-0.39, 0.29) is 189 Å². The molecule has 3 aromatic carbocycles. The zero-order valence-corrected chi connectivity index (χ0v) is 87.1. The minimum Gasteiger partial charge on any atom is -0.540 e. The molecule has 32 heteroatoms. The first-order chi connectivity index (χ1) is 66.1. The predicted octanol–water partition coefficient (Wildman–Crippen LogP) is 18.5. The Hall–Kier alpha value is -8.08. The number of fused-ring (bicyclic) bond motifs is 17. The number of rotatable bonds is 10. The topological polar surface area (TPSA) is 324 Å². The van der Waals surface area contributed by atoms with Crippen LogP contribution in [0.2, 0.25) is 0 Å². The molecule has 140 heavy (non-hydrogen) atoms. The Bertz CT molecular complexity index is 5370. The number of benzene rings is 3. The van der Waals surface area contributed by atoms with Crippen molar-refractivity contribution >= 4 is 87.6 Å². The van der Waals surface area contributed by atoms with Crippen LogP contribution < -0.4 is 28.4 Å². The Morgan fingerprint density at radius 3 is 1.21 bits per heavy atom. The summed E-state index contributed by atoms with van der Waals surface area (Å²) < 4.78 is 86.4. The van der Waals surface area contributed by atoms with E-state index in [1.807, 2.05) is 57.2 Å². The second-order valence-electron chi connectivity index (χ2n) is 43.2. The first kappa shape index (κ1) is 108. The van der Waals surface area contributed by atoms with E-state index in [0.717, 1.165) is 209 Å². The summed E-state index contributed by atoms with van der Waals surface area (Å²) in [7, 11) is 4.75. The second-order valence-corrected chi connectivity index (χ2v) is 43.2. The van der Waals surface area contributed by atoms with Crippen molar-refractivity contribution in [2.45, 2.75) is 353 Å². The molecule has 13 aliphatic rings. The van der Waals surface area contributed by atoms with Crippen molar-refractivity contribution in [3.05, 3.63) is 71.7 Å². The summed E-state index contributed by atoms with van der Waals surface area (Å²) in [6.07, 6.45) is 35.5. The Labute approximate surface area is 858 Å². The average molecular weight is 2040 g/mol. The van der Waals surface area contributed by atoms with Gasteiger partial charge in [0.2, 0.25) is 35.4 Å². The average Bonchev–Trinajstić information content (AvgIpc) is 1.60.